The molecule has 1 aromatic carbocycles. The number of hydrogen-bond donors (Lipinski definition) is 0. The Morgan fingerprint density at radius 1 is 1.12 bits per heavy atom. The molecular weight excluding hydrogens is 324 g/mol. The molecule has 0 saturated carbocycles. The molecule has 2 aromatic rings. The van der Waals surface area contributed by atoms with E-state index in [0.717, 1.165) is 31.2 Å². The standard InChI is InChI=1S/C17H24N4O2S/c1-3-19(4-2)12-15-13-20-10-11-21(14-17(20)18-15)24(22,23)16-8-6-5-7-9-16/h5-9,13H,3-4,10-12,14H2,1-2H3. The molecule has 0 spiro atoms. The van der Waals surface area contributed by atoms with E-state index < -0.39 is 10.0 Å². The second kappa shape index (κ2) is 7.04. The van der Waals surface area contributed by atoms with Crippen molar-refractivity contribution in [3.8, 4) is 0 Å². The highest BCUT2D eigenvalue weighted by molar-refractivity contribution is 7.89. The summed E-state index contributed by atoms with van der Waals surface area (Å²) < 4.78 is 29.1. The van der Waals surface area contributed by atoms with Crippen molar-refractivity contribution in [2.24, 2.45) is 0 Å². The Bertz CT molecular complexity index is 782. The topological polar surface area (TPSA) is 58.4 Å². The largest absolute Gasteiger partial charge is 0.332 e. The molecule has 7 heteroatoms. The number of fused-ring (bicyclic) bond motifs is 1. The molecule has 1 aromatic heterocycles. The molecule has 24 heavy (non-hydrogen) atoms. The molecule has 130 valence electrons. The van der Waals surface area contributed by atoms with Crippen molar-refractivity contribution in [3.05, 3.63) is 48.0 Å². The quantitative estimate of drug-likeness (QED) is 0.800. The van der Waals surface area contributed by atoms with Crippen LogP contribution < -0.4 is 0 Å². The zero-order chi connectivity index (χ0) is 17.2. The van der Waals surface area contributed by atoms with E-state index in [1.54, 1.807) is 24.3 Å². The van der Waals surface area contributed by atoms with Crippen LogP contribution in [0.5, 0.6) is 0 Å². The van der Waals surface area contributed by atoms with Gasteiger partial charge in [-0.15, -0.1) is 0 Å². The van der Waals surface area contributed by atoms with E-state index in [0.29, 0.717) is 24.5 Å². The lowest BCUT2D eigenvalue weighted by molar-refractivity contribution is 0.292. The minimum Gasteiger partial charge on any atom is -0.332 e. The monoisotopic (exact) mass is 348 g/mol. The van der Waals surface area contributed by atoms with Crippen molar-refractivity contribution < 1.29 is 8.42 Å². The average molecular weight is 348 g/mol. The van der Waals surface area contributed by atoms with Crippen LogP contribution in [-0.2, 0) is 29.7 Å². The Labute approximate surface area is 143 Å². The number of sulfonamides is 1. The van der Waals surface area contributed by atoms with Gasteiger partial charge >= 0.3 is 0 Å². The summed E-state index contributed by atoms with van der Waals surface area (Å²) in [5.41, 5.74) is 1.01. The van der Waals surface area contributed by atoms with E-state index in [1.165, 1.54) is 4.31 Å². The third kappa shape index (κ3) is 3.38. The van der Waals surface area contributed by atoms with Gasteiger partial charge in [-0.2, -0.15) is 4.31 Å². The predicted molar refractivity (Wildman–Crippen MR) is 92.9 cm³/mol. The van der Waals surface area contributed by atoms with Crippen molar-refractivity contribution in [2.75, 3.05) is 19.6 Å². The second-order valence-corrected chi connectivity index (χ2v) is 7.89. The summed E-state index contributed by atoms with van der Waals surface area (Å²) in [5, 5.41) is 0. The van der Waals surface area contributed by atoms with Crippen molar-refractivity contribution in [1.82, 2.24) is 18.8 Å². The molecule has 6 nitrogen and oxygen atoms in total. The minimum absolute atomic E-state index is 0.329. The molecule has 0 radical (unpaired) electrons. The normalized spacial score (nSPS) is 15.6. The van der Waals surface area contributed by atoms with Gasteiger partial charge in [0.1, 0.15) is 5.82 Å². The fraction of sp³-hybridized carbons (Fsp3) is 0.471. The average Bonchev–Trinajstić information content (AvgIpc) is 3.02. The highest BCUT2D eigenvalue weighted by Crippen LogP contribution is 2.21. The Morgan fingerprint density at radius 2 is 1.83 bits per heavy atom. The molecule has 0 unspecified atom stereocenters. The zero-order valence-corrected chi connectivity index (χ0v) is 15.0. The van der Waals surface area contributed by atoms with Gasteiger partial charge in [0, 0.05) is 25.8 Å². The maximum Gasteiger partial charge on any atom is 0.243 e. The van der Waals surface area contributed by atoms with Gasteiger partial charge in [-0.05, 0) is 25.2 Å². The van der Waals surface area contributed by atoms with Crippen LogP contribution in [0.4, 0.5) is 0 Å². The second-order valence-electron chi connectivity index (χ2n) is 5.95. The first-order valence-corrected chi connectivity index (χ1v) is 9.81. The molecule has 1 aliphatic rings. The SMILES string of the molecule is CCN(CC)Cc1cn2c(n1)CN(S(=O)(=O)c1ccccc1)CC2. The van der Waals surface area contributed by atoms with E-state index in [2.05, 4.69) is 34.5 Å². The van der Waals surface area contributed by atoms with E-state index >= 15 is 0 Å². The highest BCUT2D eigenvalue weighted by Gasteiger charge is 2.29. The number of imidazole rings is 1. The van der Waals surface area contributed by atoms with Gasteiger partial charge in [-0.1, -0.05) is 32.0 Å². The van der Waals surface area contributed by atoms with Crippen molar-refractivity contribution in [2.45, 2.75) is 38.4 Å². The van der Waals surface area contributed by atoms with Crippen molar-refractivity contribution in [1.29, 1.82) is 0 Å². The van der Waals surface area contributed by atoms with Crippen LogP contribution >= 0.6 is 0 Å². The molecular formula is C17H24N4O2S. The van der Waals surface area contributed by atoms with Crippen LogP contribution in [-0.4, -0.2) is 46.8 Å². The first kappa shape index (κ1) is 17.1. The summed E-state index contributed by atoms with van der Waals surface area (Å²) in [5.74, 6) is 0.822. The third-order valence-corrected chi connectivity index (χ3v) is 6.34. The zero-order valence-electron chi connectivity index (χ0n) is 14.2. The summed E-state index contributed by atoms with van der Waals surface area (Å²) in [7, 11) is -3.46. The summed E-state index contributed by atoms with van der Waals surface area (Å²) >= 11 is 0. The number of nitrogens with zero attached hydrogens (tertiary/aromatic N) is 4. The summed E-state index contributed by atoms with van der Waals surface area (Å²) in [4.78, 5) is 7.30. The van der Waals surface area contributed by atoms with Gasteiger partial charge in [0.15, 0.2) is 0 Å². The predicted octanol–water partition coefficient (Wildman–Crippen LogP) is 1.93. The molecule has 1 aliphatic heterocycles. The first-order valence-electron chi connectivity index (χ1n) is 8.37. The van der Waals surface area contributed by atoms with Crippen LogP contribution in [0.3, 0.4) is 0 Å². The maximum atomic E-state index is 12.8. The first-order chi connectivity index (χ1) is 11.5. The molecule has 0 atom stereocenters. The fourth-order valence-corrected chi connectivity index (χ4v) is 4.39. The molecule has 0 fully saturated rings. The maximum absolute atomic E-state index is 12.8. The summed E-state index contributed by atoms with van der Waals surface area (Å²) in [6.45, 7) is 8.48. The van der Waals surface area contributed by atoms with Crippen molar-refractivity contribution >= 4 is 10.0 Å². The number of hydrogen-bond acceptors (Lipinski definition) is 4. The lowest BCUT2D eigenvalue weighted by atomic mass is 10.4. The smallest absolute Gasteiger partial charge is 0.243 e. The fourth-order valence-electron chi connectivity index (χ4n) is 2.99. The minimum atomic E-state index is -3.46. The molecule has 0 bridgehead atoms. The van der Waals surface area contributed by atoms with E-state index in [1.807, 2.05) is 6.07 Å². The van der Waals surface area contributed by atoms with E-state index in [9.17, 15) is 8.42 Å². The molecule has 0 N–H and O–H groups in total. The Kier molecular flexibility index (Phi) is 5.03. The summed E-state index contributed by atoms with van der Waals surface area (Å²) in [6.07, 6.45) is 2.06. The van der Waals surface area contributed by atoms with E-state index in [4.69, 9.17) is 0 Å². The van der Waals surface area contributed by atoms with Crippen LogP contribution in [0, 0.1) is 0 Å². The Morgan fingerprint density at radius 3 is 2.50 bits per heavy atom. The van der Waals surface area contributed by atoms with Crippen LogP contribution in [0.1, 0.15) is 25.4 Å². The van der Waals surface area contributed by atoms with Gasteiger partial charge in [0.25, 0.3) is 0 Å². The summed E-state index contributed by atoms with van der Waals surface area (Å²) in [6, 6.07) is 8.60. The van der Waals surface area contributed by atoms with Gasteiger partial charge in [-0.3, -0.25) is 4.90 Å². The highest BCUT2D eigenvalue weighted by atomic mass is 32.2. The van der Waals surface area contributed by atoms with Crippen LogP contribution in [0.25, 0.3) is 0 Å². The molecule has 2 heterocycles. The lowest BCUT2D eigenvalue weighted by Gasteiger charge is -2.26. The van der Waals surface area contributed by atoms with Crippen LogP contribution in [0.2, 0.25) is 0 Å². The third-order valence-electron chi connectivity index (χ3n) is 4.48. The van der Waals surface area contributed by atoms with E-state index in [-0.39, 0.29) is 0 Å². The molecule has 3 rings (SSSR count). The van der Waals surface area contributed by atoms with Crippen LogP contribution in [0.15, 0.2) is 41.4 Å². The number of benzene rings is 1. The van der Waals surface area contributed by atoms with Gasteiger partial charge in [0.05, 0.1) is 17.1 Å². The van der Waals surface area contributed by atoms with Gasteiger partial charge in [0.2, 0.25) is 10.0 Å². The van der Waals surface area contributed by atoms with Gasteiger partial charge in [-0.25, -0.2) is 13.4 Å². The lowest BCUT2D eigenvalue weighted by Crippen LogP contribution is -2.38. The number of rotatable bonds is 6. The molecule has 0 saturated heterocycles. The number of aromatic nitrogens is 2. The van der Waals surface area contributed by atoms with Gasteiger partial charge < -0.3 is 4.57 Å². The molecule has 0 amide bonds. The van der Waals surface area contributed by atoms with Crippen molar-refractivity contribution in [3.63, 3.8) is 0 Å². The Balaban J connectivity index is 1.78. The Hall–Kier alpha value is -1.70. The molecule has 0 aliphatic carbocycles.